The van der Waals surface area contributed by atoms with Gasteiger partial charge < -0.3 is 24.5 Å². The summed E-state index contributed by atoms with van der Waals surface area (Å²) in [5, 5.41) is 23.6. The zero-order valence-corrected chi connectivity index (χ0v) is 15.7. The van der Waals surface area contributed by atoms with Crippen molar-refractivity contribution >= 4 is 5.71 Å². The summed E-state index contributed by atoms with van der Waals surface area (Å²) in [5.41, 5.74) is -0.608. The SMILES string of the molecule is CO[C@H](/C(=N/OCCOc1ccc(C(F)(F)F)cc1)[C@@H](O)[C@@H](C)O)C(C)C. The lowest BCUT2D eigenvalue weighted by molar-refractivity contribution is -0.137. The van der Waals surface area contributed by atoms with Crippen molar-refractivity contribution in [3.05, 3.63) is 29.8 Å². The lowest BCUT2D eigenvalue weighted by Crippen LogP contribution is -2.42. The van der Waals surface area contributed by atoms with Crippen LogP contribution in [0.4, 0.5) is 13.2 Å². The second-order valence-electron chi connectivity index (χ2n) is 6.31. The zero-order chi connectivity index (χ0) is 20.6. The first kappa shape index (κ1) is 23.2. The van der Waals surface area contributed by atoms with E-state index in [-0.39, 0.29) is 30.6 Å². The summed E-state index contributed by atoms with van der Waals surface area (Å²) in [6, 6.07) is 4.29. The largest absolute Gasteiger partial charge is 0.490 e. The fourth-order valence-electron chi connectivity index (χ4n) is 2.31. The second kappa shape index (κ2) is 10.5. The standard InChI is InChI=1S/C18H26F3NO5/c1-11(2)17(25-4)15(16(24)12(3)23)22-27-10-9-26-14-7-5-13(6-8-14)18(19,20)21/h5-8,11-12,16-17,23-24H,9-10H2,1-4H3/b22-15+/t12-,16+,17+/m1/s1. The number of rotatable bonds is 10. The molecule has 27 heavy (non-hydrogen) atoms. The zero-order valence-electron chi connectivity index (χ0n) is 15.7. The number of nitrogens with zero attached hydrogens (tertiary/aromatic N) is 1. The van der Waals surface area contributed by atoms with Crippen molar-refractivity contribution in [1.29, 1.82) is 0 Å². The first-order valence-electron chi connectivity index (χ1n) is 8.46. The van der Waals surface area contributed by atoms with Gasteiger partial charge in [-0.05, 0) is 37.1 Å². The Morgan fingerprint density at radius 2 is 1.67 bits per heavy atom. The first-order valence-corrected chi connectivity index (χ1v) is 8.46. The van der Waals surface area contributed by atoms with Crippen molar-refractivity contribution in [3.63, 3.8) is 0 Å². The number of halogens is 3. The lowest BCUT2D eigenvalue weighted by Gasteiger charge is -2.25. The van der Waals surface area contributed by atoms with Crippen molar-refractivity contribution in [2.75, 3.05) is 20.3 Å². The van der Waals surface area contributed by atoms with Crippen LogP contribution in [0, 0.1) is 5.92 Å². The minimum atomic E-state index is -4.40. The Labute approximate surface area is 156 Å². The van der Waals surface area contributed by atoms with Gasteiger partial charge in [0.2, 0.25) is 0 Å². The molecule has 2 N–H and O–H groups in total. The number of hydrogen-bond donors (Lipinski definition) is 2. The van der Waals surface area contributed by atoms with Gasteiger partial charge in [0, 0.05) is 7.11 Å². The van der Waals surface area contributed by atoms with Gasteiger partial charge in [0.15, 0.2) is 6.61 Å². The molecule has 0 aliphatic carbocycles. The number of oxime groups is 1. The normalized spacial score (nSPS) is 16.1. The van der Waals surface area contributed by atoms with E-state index in [2.05, 4.69) is 5.16 Å². The van der Waals surface area contributed by atoms with Crippen molar-refractivity contribution < 1.29 is 37.7 Å². The average Bonchev–Trinajstić information content (AvgIpc) is 2.59. The number of ether oxygens (including phenoxy) is 2. The summed E-state index contributed by atoms with van der Waals surface area (Å²) >= 11 is 0. The van der Waals surface area contributed by atoms with E-state index in [1.54, 1.807) is 0 Å². The van der Waals surface area contributed by atoms with E-state index in [1.165, 1.54) is 26.2 Å². The molecule has 9 heteroatoms. The van der Waals surface area contributed by atoms with E-state index in [1.807, 2.05) is 13.8 Å². The molecule has 0 saturated carbocycles. The highest BCUT2D eigenvalue weighted by atomic mass is 19.4. The maximum atomic E-state index is 12.5. The second-order valence-corrected chi connectivity index (χ2v) is 6.31. The molecule has 6 nitrogen and oxygen atoms in total. The Bertz CT molecular complexity index is 588. The summed E-state index contributed by atoms with van der Waals surface area (Å²) in [5.74, 6) is 0.242. The fraction of sp³-hybridized carbons (Fsp3) is 0.611. The third-order valence-corrected chi connectivity index (χ3v) is 3.71. The molecule has 154 valence electrons. The molecule has 0 aliphatic heterocycles. The van der Waals surface area contributed by atoms with Crippen LogP contribution >= 0.6 is 0 Å². The number of benzene rings is 1. The summed E-state index contributed by atoms with van der Waals surface area (Å²) in [7, 11) is 1.46. The van der Waals surface area contributed by atoms with Crippen molar-refractivity contribution in [1.82, 2.24) is 0 Å². The van der Waals surface area contributed by atoms with Crippen LogP contribution in [0.5, 0.6) is 5.75 Å². The van der Waals surface area contributed by atoms with Crippen LogP contribution in [-0.2, 0) is 15.8 Å². The maximum absolute atomic E-state index is 12.5. The minimum Gasteiger partial charge on any atom is -0.490 e. The Hall–Kier alpha value is -1.84. The Morgan fingerprint density at radius 3 is 2.11 bits per heavy atom. The molecule has 0 aliphatic rings. The van der Waals surface area contributed by atoms with Crippen molar-refractivity contribution in [2.45, 2.75) is 45.3 Å². The molecule has 0 fully saturated rings. The molecule has 1 aromatic rings. The smallest absolute Gasteiger partial charge is 0.416 e. The number of aliphatic hydroxyl groups is 2. The molecule has 0 amide bonds. The summed E-state index contributed by atoms with van der Waals surface area (Å²) < 4.78 is 48.1. The van der Waals surface area contributed by atoms with Gasteiger partial charge in [-0.3, -0.25) is 0 Å². The van der Waals surface area contributed by atoms with Gasteiger partial charge in [0.05, 0.1) is 11.7 Å². The molecule has 0 radical (unpaired) electrons. The van der Waals surface area contributed by atoms with Gasteiger partial charge in [-0.2, -0.15) is 13.2 Å². The van der Waals surface area contributed by atoms with Crippen LogP contribution in [0.25, 0.3) is 0 Å². The van der Waals surface area contributed by atoms with E-state index >= 15 is 0 Å². The maximum Gasteiger partial charge on any atom is 0.416 e. The number of alkyl halides is 3. The van der Waals surface area contributed by atoms with E-state index in [4.69, 9.17) is 14.3 Å². The molecule has 0 saturated heterocycles. The van der Waals surface area contributed by atoms with Crippen LogP contribution in [0.2, 0.25) is 0 Å². The molecule has 0 unspecified atom stereocenters. The van der Waals surface area contributed by atoms with Crippen LogP contribution in [-0.4, -0.2) is 54.6 Å². The molecule has 0 heterocycles. The average molecular weight is 393 g/mol. The number of hydrogen-bond acceptors (Lipinski definition) is 6. The summed E-state index contributed by atoms with van der Waals surface area (Å²) in [6.45, 7) is 5.18. The lowest BCUT2D eigenvalue weighted by atomic mass is 9.96. The van der Waals surface area contributed by atoms with Crippen LogP contribution in [0.1, 0.15) is 26.3 Å². The quantitative estimate of drug-likeness (QED) is 0.363. The van der Waals surface area contributed by atoms with Gasteiger partial charge in [-0.1, -0.05) is 19.0 Å². The fourth-order valence-corrected chi connectivity index (χ4v) is 2.31. The predicted molar refractivity (Wildman–Crippen MR) is 93.6 cm³/mol. The Kier molecular flexibility index (Phi) is 9.01. The third kappa shape index (κ3) is 7.36. The van der Waals surface area contributed by atoms with E-state index < -0.39 is 30.1 Å². The van der Waals surface area contributed by atoms with Gasteiger partial charge >= 0.3 is 6.18 Å². The van der Waals surface area contributed by atoms with Crippen molar-refractivity contribution in [3.8, 4) is 5.75 Å². The summed E-state index contributed by atoms with van der Waals surface area (Å²) in [4.78, 5) is 5.13. The van der Waals surface area contributed by atoms with Crippen LogP contribution < -0.4 is 4.74 Å². The van der Waals surface area contributed by atoms with Crippen LogP contribution in [0.3, 0.4) is 0 Å². The van der Waals surface area contributed by atoms with Gasteiger partial charge in [0.1, 0.15) is 30.3 Å². The number of methoxy groups -OCH3 is 1. The monoisotopic (exact) mass is 393 g/mol. The highest BCUT2D eigenvalue weighted by Crippen LogP contribution is 2.30. The molecular formula is C18H26F3NO5. The van der Waals surface area contributed by atoms with Crippen LogP contribution in [0.15, 0.2) is 29.4 Å². The first-order chi connectivity index (χ1) is 12.6. The highest BCUT2D eigenvalue weighted by Gasteiger charge is 2.30. The predicted octanol–water partition coefficient (Wildman–Crippen LogP) is 2.87. The third-order valence-electron chi connectivity index (χ3n) is 3.71. The van der Waals surface area contributed by atoms with E-state index in [0.717, 1.165) is 12.1 Å². The Morgan fingerprint density at radius 1 is 1.07 bits per heavy atom. The van der Waals surface area contributed by atoms with E-state index in [0.29, 0.717) is 0 Å². The molecule has 1 aromatic carbocycles. The molecule has 0 bridgehead atoms. The minimum absolute atomic E-state index is 0.00835. The van der Waals surface area contributed by atoms with Gasteiger partial charge in [-0.25, -0.2) is 0 Å². The van der Waals surface area contributed by atoms with Crippen molar-refractivity contribution in [2.24, 2.45) is 11.1 Å². The van der Waals surface area contributed by atoms with Gasteiger partial charge in [-0.15, -0.1) is 0 Å². The molecule has 3 atom stereocenters. The molecule has 0 spiro atoms. The molecule has 1 rings (SSSR count). The Balaban J connectivity index is 2.61. The summed E-state index contributed by atoms with van der Waals surface area (Å²) in [6.07, 6.45) is -7.27. The van der Waals surface area contributed by atoms with Gasteiger partial charge in [0.25, 0.3) is 0 Å². The number of aliphatic hydroxyl groups excluding tert-OH is 2. The molecule has 0 aromatic heterocycles. The van der Waals surface area contributed by atoms with E-state index in [9.17, 15) is 23.4 Å². The topological polar surface area (TPSA) is 80.5 Å². The highest BCUT2D eigenvalue weighted by molar-refractivity contribution is 5.92. The molecular weight excluding hydrogens is 367 g/mol.